The van der Waals surface area contributed by atoms with Crippen LogP contribution in [0, 0.1) is 0 Å². The van der Waals surface area contributed by atoms with E-state index in [-0.39, 0.29) is 6.17 Å². The molecular formula is C2H7BN2. The van der Waals surface area contributed by atoms with Gasteiger partial charge in [-0.25, -0.2) is 0 Å². The van der Waals surface area contributed by atoms with Crippen LogP contribution in [0.15, 0.2) is 0 Å². The third-order valence-electron chi connectivity index (χ3n) is 0.272. The first-order chi connectivity index (χ1) is 2.27. The maximum Gasteiger partial charge on any atom is 0.0692 e. The van der Waals surface area contributed by atoms with E-state index in [4.69, 9.17) is 19.3 Å². The van der Waals surface area contributed by atoms with Gasteiger partial charge in [0.1, 0.15) is 0 Å². The number of rotatable bonds is 1. The first-order valence-electron chi connectivity index (χ1n) is 1.48. The van der Waals surface area contributed by atoms with Gasteiger partial charge in [-0.2, -0.15) is 0 Å². The van der Waals surface area contributed by atoms with E-state index in [9.17, 15) is 0 Å². The highest BCUT2D eigenvalue weighted by Gasteiger charge is 1.79. The second-order valence-electron chi connectivity index (χ2n) is 0.900. The Bertz CT molecular complexity index is 21.6. The first kappa shape index (κ1) is 4.98. The Morgan fingerprint density at radius 2 is 1.80 bits per heavy atom. The molecule has 0 aliphatic rings. The average molecular weight is 69.9 g/mol. The normalized spacial score (nSPS) is 9.40. The fraction of sp³-hybridized carbons (Fsp3) is 1.00. The topological polar surface area (TPSA) is 52.0 Å². The largest absolute Gasteiger partial charge is 0.317 e. The van der Waals surface area contributed by atoms with Gasteiger partial charge >= 0.3 is 0 Å². The minimum Gasteiger partial charge on any atom is -0.317 e. The summed E-state index contributed by atoms with van der Waals surface area (Å²) in [6.07, 6.45) is 0.0231. The summed E-state index contributed by atoms with van der Waals surface area (Å²) in [7, 11) is 4.92. The van der Waals surface area contributed by atoms with E-state index in [0.717, 1.165) is 0 Å². The van der Waals surface area contributed by atoms with Gasteiger partial charge in [0, 0.05) is 6.17 Å². The van der Waals surface area contributed by atoms with Crippen molar-refractivity contribution in [1.82, 2.24) is 0 Å². The van der Waals surface area contributed by atoms with E-state index in [1.807, 2.05) is 0 Å². The van der Waals surface area contributed by atoms with Gasteiger partial charge < -0.3 is 11.5 Å². The van der Waals surface area contributed by atoms with Crippen molar-refractivity contribution in [3.8, 4) is 0 Å². The molecule has 3 heteroatoms. The zero-order valence-electron chi connectivity index (χ0n) is 3.02. The van der Waals surface area contributed by atoms with Crippen molar-refractivity contribution in [1.29, 1.82) is 0 Å². The Hall–Kier alpha value is -0.0151. The van der Waals surface area contributed by atoms with Crippen molar-refractivity contribution >= 4 is 7.85 Å². The smallest absolute Gasteiger partial charge is 0.0692 e. The molecule has 0 rings (SSSR count). The van der Waals surface area contributed by atoms with Gasteiger partial charge in [0.05, 0.1) is 7.85 Å². The van der Waals surface area contributed by atoms with Crippen molar-refractivity contribution in [3.63, 3.8) is 0 Å². The molecule has 2 nitrogen and oxygen atoms in total. The second kappa shape index (κ2) is 2.24. The zero-order valence-corrected chi connectivity index (χ0v) is 3.02. The molecule has 2 radical (unpaired) electrons. The lowest BCUT2D eigenvalue weighted by Gasteiger charge is -1.93. The highest BCUT2D eigenvalue weighted by molar-refractivity contribution is 6.08. The van der Waals surface area contributed by atoms with Crippen LogP contribution in [0.4, 0.5) is 0 Å². The lowest BCUT2D eigenvalue weighted by atomic mass is 10.0. The quantitative estimate of drug-likeness (QED) is 0.301. The lowest BCUT2D eigenvalue weighted by molar-refractivity contribution is 0.789. The molecule has 0 aliphatic carbocycles. The molecule has 0 unspecified atom stereocenters. The molecule has 0 bridgehead atoms. The second-order valence-corrected chi connectivity index (χ2v) is 0.900. The lowest BCUT2D eigenvalue weighted by Crippen LogP contribution is -2.29. The summed E-state index contributed by atoms with van der Waals surface area (Å²) in [4.78, 5) is 0. The number of nitrogens with two attached hydrogens (primary N) is 2. The fourth-order valence-electron chi connectivity index (χ4n) is 0. The van der Waals surface area contributed by atoms with E-state index < -0.39 is 0 Å². The zero-order chi connectivity index (χ0) is 4.28. The van der Waals surface area contributed by atoms with Gasteiger partial charge in [-0.05, 0) is 0 Å². The summed E-state index contributed by atoms with van der Waals surface area (Å²) in [5, 5.41) is 0. The molecule has 0 amide bonds. The highest BCUT2D eigenvalue weighted by atomic mass is 14.8. The Balaban J connectivity index is 2.54. The standard InChI is InChI=1S/C2H7BN2/c3-1-2(4)5/h2H,1,4-5H2. The average Bonchev–Trinajstić information content (AvgIpc) is 1.38. The molecule has 0 fully saturated rings. The molecule has 5 heavy (non-hydrogen) atoms. The Morgan fingerprint density at radius 1 is 1.60 bits per heavy atom. The third kappa shape index (κ3) is 3.98. The van der Waals surface area contributed by atoms with Gasteiger partial charge in [-0.15, -0.1) is 0 Å². The van der Waals surface area contributed by atoms with Crippen LogP contribution in [0.3, 0.4) is 0 Å². The Kier molecular flexibility index (Phi) is 2.23. The Morgan fingerprint density at radius 3 is 1.80 bits per heavy atom. The molecule has 0 heterocycles. The molecule has 0 atom stereocenters. The molecule has 28 valence electrons. The van der Waals surface area contributed by atoms with Gasteiger partial charge in [-0.3, -0.25) is 0 Å². The van der Waals surface area contributed by atoms with Crippen LogP contribution in [0.25, 0.3) is 0 Å². The molecule has 0 saturated heterocycles. The molecule has 0 spiro atoms. The van der Waals surface area contributed by atoms with Gasteiger partial charge in [0.2, 0.25) is 0 Å². The monoisotopic (exact) mass is 70.1 g/mol. The molecule has 0 aromatic rings. The van der Waals surface area contributed by atoms with Crippen molar-refractivity contribution < 1.29 is 0 Å². The van der Waals surface area contributed by atoms with Crippen LogP contribution in [-0.2, 0) is 0 Å². The van der Waals surface area contributed by atoms with Crippen LogP contribution >= 0.6 is 0 Å². The predicted octanol–water partition coefficient (Wildman–Crippen LogP) is -1.18. The summed E-state index contributed by atoms with van der Waals surface area (Å²) in [6.45, 7) is 0. The van der Waals surface area contributed by atoms with E-state index >= 15 is 0 Å². The number of hydrogen-bond donors (Lipinski definition) is 2. The molecule has 4 N–H and O–H groups in total. The molecule has 0 aliphatic heterocycles. The van der Waals surface area contributed by atoms with Gasteiger partial charge in [-0.1, -0.05) is 6.32 Å². The van der Waals surface area contributed by atoms with Crippen molar-refractivity contribution in [2.24, 2.45) is 11.5 Å². The fourth-order valence-corrected chi connectivity index (χ4v) is 0. The van der Waals surface area contributed by atoms with Crippen LogP contribution in [0.1, 0.15) is 0 Å². The summed E-state index contributed by atoms with van der Waals surface area (Å²) in [5.41, 5.74) is 9.89. The van der Waals surface area contributed by atoms with Crippen LogP contribution in [0.5, 0.6) is 0 Å². The highest BCUT2D eigenvalue weighted by Crippen LogP contribution is 1.63. The summed E-state index contributed by atoms with van der Waals surface area (Å²) < 4.78 is 0. The Labute approximate surface area is 32.9 Å². The first-order valence-corrected chi connectivity index (χ1v) is 1.48. The van der Waals surface area contributed by atoms with Crippen LogP contribution < -0.4 is 11.5 Å². The molecule has 0 aromatic heterocycles. The van der Waals surface area contributed by atoms with E-state index in [2.05, 4.69) is 0 Å². The van der Waals surface area contributed by atoms with E-state index in [0.29, 0.717) is 6.32 Å². The SMILES string of the molecule is [B]CC(N)N. The summed E-state index contributed by atoms with van der Waals surface area (Å²) >= 11 is 0. The number of hydrogen-bond acceptors (Lipinski definition) is 2. The van der Waals surface area contributed by atoms with Crippen molar-refractivity contribution in [2.75, 3.05) is 0 Å². The van der Waals surface area contributed by atoms with E-state index in [1.165, 1.54) is 0 Å². The summed E-state index contributed by atoms with van der Waals surface area (Å²) in [6, 6.07) is 0. The van der Waals surface area contributed by atoms with Crippen LogP contribution in [-0.4, -0.2) is 14.0 Å². The maximum atomic E-state index is 4.94. The predicted molar refractivity (Wildman–Crippen MR) is 22.7 cm³/mol. The minimum atomic E-state index is -0.338. The van der Waals surface area contributed by atoms with Crippen molar-refractivity contribution in [3.05, 3.63) is 0 Å². The summed E-state index contributed by atoms with van der Waals surface area (Å²) in [5.74, 6) is 0. The minimum absolute atomic E-state index is 0.338. The molecular weight excluding hydrogens is 62.8 g/mol. The molecule has 0 saturated carbocycles. The third-order valence-corrected chi connectivity index (χ3v) is 0.272. The van der Waals surface area contributed by atoms with E-state index in [1.54, 1.807) is 0 Å². The van der Waals surface area contributed by atoms with Crippen LogP contribution in [0.2, 0.25) is 6.32 Å². The van der Waals surface area contributed by atoms with Gasteiger partial charge in [0.15, 0.2) is 0 Å². The van der Waals surface area contributed by atoms with Crippen molar-refractivity contribution in [2.45, 2.75) is 12.5 Å². The van der Waals surface area contributed by atoms with Gasteiger partial charge in [0.25, 0.3) is 0 Å². The maximum absolute atomic E-state index is 4.94. The molecule has 0 aromatic carbocycles.